The van der Waals surface area contributed by atoms with Gasteiger partial charge in [0.2, 0.25) is 5.91 Å². The molecule has 5 nitrogen and oxygen atoms in total. The van der Waals surface area contributed by atoms with Crippen molar-refractivity contribution in [1.82, 2.24) is 9.80 Å². The Hall–Kier alpha value is -1.75. The summed E-state index contributed by atoms with van der Waals surface area (Å²) in [5, 5.41) is 0.640. The zero-order valence-electron chi connectivity index (χ0n) is 14.5. The molecule has 0 bridgehead atoms. The molecule has 0 saturated carbocycles. The predicted molar refractivity (Wildman–Crippen MR) is 94.3 cm³/mol. The molecule has 24 heavy (non-hydrogen) atoms. The van der Waals surface area contributed by atoms with Gasteiger partial charge < -0.3 is 14.5 Å². The lowest BCUT2D eigenvalue weighted by molar-refractivity contribution is -0.137. The molecule has 0 aliphatic carbocycles. The minimum atomic E-state index is -0.599. The van der Waals surface area contributed by atoms with E-state index in [2.05, 4.69) is 0 Å². The van der Waals surface area contributed by atoms with E-state index in [1.807, 2.05) is 18.7 Å². The average Bonchev–Trinajstić information content (AvgIpc) is 2.72. The van der Waals surface area contributed by atoms with Crippen molar-refractivity contribution in [2.75, 3.05) is 26.2 Å². The number of hydrogen-bond acceptors (Lipinski definition) is 3. The van der Waals surface area contributed by atoms with Crippen molar-refractivity contribution in [1.29, 1.82) is 0 Å². The topological polar surface area (TPSA) is 49.9 Å². The number of benzene rings is 1. The monoisotopic (exact) mass is 352 g/mol. The van der Waals surface area contributed by atoms with E-state index in [-0.39, 0.29) is 11.8 Å². The van der Waals surface area contributed by atoms with E-state index in [0.717, 1.165) is 18.5 Å². The van der Waals surface area contributed by atoms with Crippen LogP contribution < -0.4 is 4.74 Å². The quantitative estimate of drug-likeness (QED) is 0.818. The summed E-state index contributed by atoms with van der Waals surface area (Å²) in [5.41, 5.74) is 0.891. The normalized spacial score (nSPS) is 16.8. The van der Waals surface area contributed by atoms with Crippen LogP contribution in [0.3, 0.4) is 0 Å². The highest BCUT2D eigenvalue weighted by Crippen LogP contribution is 2.23. The molecule has 6 heteroatoms. The lowest BCUT2D eigenvalue weighted by Gasteiger charge is -2.25. The highest BCUT2D eigenvalue weighted by molar-refractivity contribution is 6.30. The molecule has 1 saturated heterocycles. The van der Waals surface area contributed by atoms with Gasteiger partial charge in [-0.05, 0) is 44.0 Å². The Bertz CT molecular complexity index is 606. The maximum Gasteiger partial charge on any atom is 0.263 e. The maximum atomic E-state index is 12.6. The Kier molecular flexibility index (Phi) is 6.49. The Labute approximate surface area is 148 Å². The smallest absolute Gasteiger partial charge is 0.263 e. The minimum absolute atomic E-state index is 0.0875. The molecule has 1 aromatic carbocycles. The first-order valence-corrected chi connectivity index (χ1v) is 8.79. The molecule has 1 atom stereocenters. The van der Waals surface area contributed by atoms with Crippen molar-refractivity contribution in [2.24, 2.45) is 0 Å². The van der Waals surface area contributed by atoms with Crippen molar-refractivity contribution >= 4 is 23.4 Å². The molecule has 1 heterocycles. The molecule has 132 valence electrons. The van der Waals surface area contributed by atoms with Gasteiger partial charge in [-0.15, -0.1) is 0 Å². The molecule has 0 N–H and O–H groups in total. The maximum absolute atomic E-state index is 12.6. The van der Waals surface area contributed by atoms with Gasteiger partial charge in [-0.2, -0.15) is 0 Å². The average molecular weight is 353 g/mol. The fourth-order valence-corrected chi connectivity index (χ4v) is 3.06. The van der Waals surface area contributed by atoms with E-state index in [0.29, 0.717) is 36.8 Å². The van der Waals surface area contributed by atoms with E-state index in [1.165, 1.54) is 0 Å². The molecule has 1 fully saturated rings. The van der Waals surface area contributed by atoms with E-state index in [4.69, 9.17) is 16.3 Å². The second-order valence-electron chi connectivity index (χ2n) is 6.13. The number of aryl methyl sites for hydroxylation is 1. The molecule has 0 spiro atoms. The van der Waals surface area contributed by atoms with Crippen LogP contribution in [0.1, 0.15) is 32.3 Å². The number of amides is 2. The van der Waals surface area contributed by atoms with Crippen LogP contribution in [0, 0.1) is 6.92 Å². The van der Waals surface area contributed by atoms with E-state index < -0.39 is 6.10 Å². The summed E-state index contributed by atoms with van der Waals surface area (Å²) in [6.07, 6.45) is 0.700. The number of nitrogens with zero attached hydrogens (tertiary/aromatic N) is 2. The summed E-state index contributed by atoms with van der Waals surface area (Å²) < 4.78 is 5.81. The fourth-order valence-electron chi connectivity index (χ4n) is 2.84. The second kappa shape index (κ2) is 8.38. The van der Waals surface area contributed by atoms with Crippen LogP contribution >= 0.6 is 11.6 Å². The highest BCUT2D eigenvalue weighted by Gasteiger charge is 2.27. The fraction of sp³-hybridized carbons (Fsp3) is 0.556. The van der Waals surface area contributed by atoms with Crippen LogP contribution in [-0.4, -0.2) is 53.9 Å². The zero-order valence-corrected chi connectivity index (χ0v) is 15.3. The van der Waals surface area contributed by atoms with E-state index in [9.17, 15) is 9.59 Å². The highest BCUT2D eigenvalue weighted by atomic mass is 35.5. The standard InChI is InChI=1S/C18H25ClN2O3/c1-4-8-20-10-11-21(9-7-17(20)22)18(23)14(3)24-16-6-5-15(19)12-13(16)2/h5-6,12,14H,4,7-11H2,1-3H3/t14-/m1/s1. The number of hydrogen-bond donors (Lipinski definition) is 0. The first-order valence-electron chi connectivity index (χ1n) is 8.41. The number of carbonyl (C=O) groups excluding carboxylic acids is 2. The van der Waals surface area contributed by atoms with E-state index >= 15 is 0 Å². The summed E-state index contributed by atoms with van der Waals surface area (Å²) in [6.45, 7) is 8.02. The molecule has 0 unspecified atom stereocenters. The lowest BCUT2D eigenvalue weighted by Crippen LogP contribution is -2.42. The second-order valence-corrected chi connectivity index (χ2v) is 6.56. The van der Waals surface area contributed by atoms with E-state index in [1.54, 1.807) is 30.0 Å². The largest absolute Gasteiger partial charge is 0.481 e. The van der Waals surface area contributed by atoms with Crippen LogP contribution in [0.15, 0.2) is 18.2 Å². The Morgan fingerprint density at radius 1 is 1.33 bits per heavy atom. The van der Waals surface area contributed by atoms with Gasteiger partial charge in [0.25, 0.3) is 5.91 Å². The van der Waals surface area contributed by atoms with Gasteiger partial charge in [0.15, 0.2) is 6.10 Å². The van der Waals surface area contributed by atoms with Crippen LogP contribution in [-0.2, 0) is 9.59 Å². The minimum Gasteiger partial charge on any atom is -0.481 e. The Morgan fingerprint density at radius 2 is 2.08 bits per heavy atom. The third-order valence-corrected chi connectivity index (χ3v) is 4.42. The van der Waals surface area contributed by atoms with Crippen LogP contribution in [0.5, 0.6) is 5.75 Å². The number of halogens is 1. The van der Waals surface area contributed by atoms with Gasteiger partial charge in [0, 0.05) is 37.6 Å². The summed E-state index contributed by atoms with van der Waals surface area (Å²) in [5.74, 6) is 0.684. The van der Waals surface area contributed by atoms with Gasteiger partial charge in [0.05, 0.1) is 0 Å². The number of carbonyl (C=O) groups is 2. The zero-order chi connectivity index (χ0) is 17.7. The molecule has 2 amide bonds. The predicted octanol–water partition coefficient (Wildman–Crippen LogP) is 2.89. The van der Waals surface area contributed by atoms with Gasteiger partial charge in [-0.1, -0.05) is 18.5 Å². The number of rotatable bonds is 5. The molecule has 1 aliphatic heterocycles. The molecular formula is C18H25ClN2O3. The van der Waals surface area contributed by atoms with Gasteiger partial charge >= 0.3 is 0 Å². The molecule has 1 aliphatic rings. The van der Waals surface area contributed by atoms with Gasteiger partial charge in [0.1, 0.15) is 5.75 Å². The van der Waals surface area contributed by atoms with Crippen LogP contribution in [0.25, 0.3) is 0 Å². The lowest BCUT2D eigenvalue weighted by atomic mass is 10.2. The molecule has 1 aromatic rings. The Balaban J connectivity index is 1.98. The molecular weight excluding hydrogens is 328 g/mol. The summed E-state index contributed by atoms with van der Waals surface area (Å²) in [4.78, 5) is 28.3. The first-order chi connectivity index (χ1) is 11.4. The summed E-state index contributed by atoms with van der Waals surface area (Å²) in [7, 11) is 0. The third kappa shape index (κ3) is 4.63. The summed E-state index contributed by atoms with van der Waals surface area (Å²) >= 11 is 5.94. The van der Waals surface area contributed by atoms with Gasteiger partial charge in [-0.25, -0.2) is 0 Å². The Morgan fingerprint density at radius 3 is 2.75 bits per heavy atom. The van der Waals surface area contributed by atoms with Crippen molar-refractivity contribution in [2.45, 2.75) is 39.7 Å². The van der Waals surface area contributed by atoms with Crippen LogP contribution in [0.2, 0.25) is 5.02 Å². The number of ether oxygens (including phenoxy) is 1. The van der Waals surface area contributed by atoms with Crippen LogP contribution in [0.4, 0.5) is 0 Å². The van der Waals surface area contributed by atoms with Crippen molar-refractivity contribution in [3.63, 3.8) is 0 Å². The van der Waals surface area contributed by atoms with Crippen molar-refractivity contribution < 1.29 is 14.3 Å². The summed E-state index contributed by atoms with van der Waals surface area (Å²) in [6, 6.07) is 5.33. The van der Waals surface area contributed by atoms with Crippen molar-refractivity contribution in [3.05, 3.63) is 28.8 Å². The SMILES string of the molecule is CCCN1CCN(C(=O)[C@@H](C)Oc2ccc(Cl)cc2C)CCC1=O. The third-order valence-electron chi connectivity index (χ3n) is 4.18. The first kappa shape index (κ1) is 18.6. The molecule has 0 aromatic heterocycles. The van der Waals surface area contributed by atoms with Crippen molar-refractivity contribution in [3.8, 4) is 5.75 Å². The molecule has 2 rings (SSSR count). The van der Waals surface area contributed by atoms with Gasteiger partial charge in [-0.3, -0.25) is 9.59 Å². The molecule has 0 radical (unpaired) electrons.